The Morgan fingerprint density at radius 1 is 1.10 bits per heavy atom. The molecule has 2 aromatic carbocycles. The molecule has 0 aliphatic carbocycles. The minimum Gasteiger partial charge on any atom is -0.478 e. The predicted molar refractivity (Wildman–Crippen MR) is 74.1 cm³/mol. The summed E-state index contributed by atoms with van der Waals surface area (Å²) in [6.45, 7) is 0. The van der Waals surface area contributed by atoms with Crippen molar-refractivity contribution in [2.75, 3.05) is 0 Å². The number of benzene rings is 2. The number of pyridine rings is 1. The van der Waals surface area contributed by atoms with Crippen LogP contribution in [0.3, 0.4) is 0 Å². The van der Waals surface area contributed by atoms with E-state index >= 15 is 0 Å². The fourth-order valence-electron chi connectivity index (χ4n) is 2.12. The zero-order valence-corrected chi connectivity index (χ0v) is 10.4. The van der Waals surface area contributed by atoms with Gasteiger partial charge in [0.25, 0.3) is 0 Å². The Labute approximate surface area is 114 Å². The number of halogens is 1. The van der Waals surface area contributed by atoms with Crippen LogP contribution < -0.4 is 0 Å². The molecular formula is C16H10FNO2. The maximum Gasteiger partial charge on any atom is 0.335 e. The topological polar surface area (TPSA) is 50.2 Å². The lowest BCUT2D eigenvalue weighted by Crippen LogP contribution is -1.97. The molecule has 0 unspecified atom stereocenters. The zero-order valence-electron chi connectivity index (χ0n) is 10.4. The number of aromatic nitrogens is 1. The van der Waals surface area contributed by atoms with Gasteiger partial charge in [-0.2, -0.15) is 0 Å². The number of carboxylic acids is 1. The molecule has 1 N–H and O–H groups in total. The summed E-state index contributed by atoms with van der Waals surface area (Å²) in [5, 5.41) is 9.81. The predicted octanol–water partition coefficient (Wildman–Crippen LogP) is 3.74. The number of rotatable bonds is 2. The van der Waals surface area contributed by atoms with Gasteiger partial charge in [-0.05, 0) is 29.8 Å². The third-order valence-electron chi connectivity index (χ3n) is 3.13. The van der Waals surface area contributed by atoms with Gasteiger partial charge in [0.05, 0.1) is 11.1 Å². The van der Waals surface area contributed by atoms with E-state index in [0.717, 1.165) is 17.0 Å². The molecule has 0 bridgehead atoms. The minimum atomic E-state index is -1.14. The van der Waals surface area contributed by atoms with Crippen molar-refractivity contribution in [3.8, 4) is 11.1 Å². The summed E-state index contributed by atoms with van der Waals surface area (Å²) >= 11 is 0. The van der Waals surface area contributed by atoms with Gasteiger partial charge >= 0.3 is 5.97 Å². The van der Waals surface area contributed by atoms with Crippen molar-refractivity contribution in [3.63, 3.8) is 0 Å². The Morgan fingerprint density at radius 2 is 1.95 bits per heavy atom. The van der Waals surface area contributed by atoms with Crippen LogP contribution in [-0.4, -0.2) is 16.1 Å². The van der Waals surface area contributed by atoms with E-state index in [-0.39, 0.29) is 5.56 Å². The van der Waals surface area contributed by atoms with Crippen molar-refractivity contribution in [2.45, 2.75) is 0 Å². The molecule has 0 aliphatic rings. The van der Waals surface area contributed by atoms with Crippen LogP contribution in [0.2, 0.25) is 0 Å². The van der Waals surface area contributed by atoms with Gasteiger partial charge in [-0.25, -0.2) is 9.18 Å². The molecule has 3 rings (SSSR count). The average Bonchev–Trinajstić information content (AvgIpc) is 2.46. The second-order valence-electron chi connectivity index (χ2n) is 4.41. The molecular weight excluding hydrogens is 257 g/mol. The van der Waals surface area contributed by atoms with E-state index in [0.29, 0.717) is 11.1 Å². The molecule has 0 atom stereocenters. The molecule has 0 amide bonds. The van der Waals surface area contributed by atoms with Crippen LogP contribution in [0.25, 0.3) is 22.0 Å². The third-order valence-corrected chi connectivity index (χ3v) is 3.13. The van der Waals surface area contributed by atoms with Crippen molar-refractivity contribution in [2.24, 2.45) is 0 Å². The lowest BCUT2D eigenvalue weighted by atomic mass is 10.0. The van der Waals surface area contributed by atoms with Gasteiger partial charge in [0.15, 0.2) is 0 Å². The number of aromatic carboxylic acids is 1. The summed E-state index contributed by atoms with van der Waals surface area (Å²) in [6.07, 6.45) is 1.68. The Morgan fingerprint density at radius 3 is 2.70 bits per heavy atom. The van der Waals surface area contributed by atoms with Crippen molar-refractivity contribution < 1.29 is 14.3 Å². The first-order valence-corrected chi connectivity index (χ1v) is 6.03. The standard InChI is InChI=1S/C16H10FNO2/c17-14-8-12(16(19)20)5-6-13(14)11-4-3-10-2-1-7-18-15(10)9-11/h1-9H,(H,19,20). The molecule has 1 heterocycles. The summed E-state index contributed by atoms with van der Waals surface area (Å²) in [6, 6.07) is 13.1. The zero-order chi connectivity index (χ0) is 14.1. The maximum atomic E-state index is 14.0. The van der Waals surface area contributed by atoms with Gasteiger partial charge < -0.3 is 5.11 Å². The first-order chi connectivity index (χ1) is 9.65. The van der Waals surface area contributed by atoms with Crippen LogP contribution in [0.1, 0.15) is 10.4 Å². The Hall–Kier alpha value is -2.75. The minimum absolute atomic E-state index is 0.0647. The summed E-state index contributed by atoms with van der Waals surface area (Å²) < 4.78 is 14.0. The molecule has 0 spiro atoms. The highest BCUT2D eigenvalue weighted by Gasteiger charge is 2.10. The molecule has 0 saturated carbocycles. The summed E-state index contributed by atoms with van der Waals surface area (Å²) in [5.41, 5.74) is 1.74. The highest BCUT2D eigenvalue weighted by molar-refractivity contribution is 5.89. The van der Waals surface area contributed by atoms with Gasteiger partial charge in [-0.15, -0.1) is 0 Å². The lowest BCUT2D eigenvalue weighted by molar-refractivity contribution is 0.0696. The molecule has 0 aliphatic heterocycles. The molecule has 4 heteroatoms. The molecule has 1 aromatic heterocycles. The molecule has 0 radical (unpaired) electrons. The van der Waals surface area contributed by atoms with E-state index in [1.54, 1.807) is 18.3 Å². The van der Waals surface area contributed by atoms with Gasteiger partial charge in [-0.3, -0.25) is 4.98 Å². The van der Waals surface area contributed by atoms with Gasteiger partial charge in [-0.1, -0.05) is 24.3 Å². The summed E-state index contributed by atoms with van der Waals surface area (Å²) in [4.78, 5) is 15.0. The van der Waals surface area contributed by atoms with Crippen LogP contribution >= 0.6 is 0 Å². The first-order valence-electron chi connectivity index (χ1n) is 6.03. The van der Waals surface area contributed by atoms with Crippen LogP contribution in [0.15, 0.2) is 54.7 Å². The first kappa shape index (κ1) is 12.3. The van der Waals surface area contributed by atoms with Gasteiger partial charge in [0.1, 0.15) is 5.82 Å². The van der Waals surface area contributed by atoms with E-state index < -0.39 is 11.8 Å². The second kappa shape index (κ2) is 4.74. The third kappa shape index (κ3) is 2.12. The number of nitrogens with zero attached hydrogens (tertiary/aromatic N) is 1. The highest BCUT2D eigenvalue weighted by atomic mass is 19.1. The Bertz CT molecular complexity index is 814. The number of carboxylic acid groups (broad SMARTS) is 1. The SMILES string of the molecule is O=C(O)c1ccc(-c2ccc3cccnc3c2)c(F)c1. The summed E-state index contributed by atoms with van der Waals surface area (Å²) in [5.74, 6) is -1.70. The molecule has 0 fully saturated rings. The van der Waals surface area contributed by atoms with E-state index in [2.05, 4.69) is 4.98 Å². The van der Waals surface area contributed by atoms with Crippen molar-refractivity contribution in [3.05, 3.63) is 66.1 Å². The maximum absolute atomic E-state index is 14.0. The fraction of sp³-hybridized carbons (Fsp3) is 0. The molecule has 3 nitrogen and oxygen atoms in total. The van der Waals surface area contributed by atoms with E-state index in [1.807, 2.05) is 18.2 Å². The number of hydrogen-bond donors (Lipinski definition) is 1. The van der Waals surface area contributed by atoms with E-state index in [1.165, 1.54) is 12.1 Å². The van der Waals surface area contributed by atoms with Crippen LogP contribution in [-0.2, 0) is 0 Å². The van der Waals surface area contributed by atoms with Crippen LogP contribution in [0.4, 0.5) is 4.39 Å². The fourth-order valence-corrected chi connectivity index (χ4v) is 2.12. The van der Waals surface area contributed by atoms with Crippen molar-refractivity contribution in [1.82, 2.24) is 4.98 Å². The lowest BCUT2D eigenvalue weighted by Gasteiger charge is -2.06. The number of hydrogen-bond acceptors (Lipinski definition) is 2. The normalized spacial score (nSPS) is 10.7. The highest BCUT2D eigenvalue weighted by Crippen LogP contribution is 2.26. The average molecular weight is 267 g/mol. The van der Waals surface area contributed by atoms with Gasteiger partial charge in [0.2, 0.25) is 0 Å². The van der Waals surface area contributed by atoms with Crippen molar-refractivity contribution in [1.29, 1.82) is 0 Å². The molecule has 98 valence electrons. The molecule has 3 aromatic rings. The summed E-state index contributed by atoms with van der Waals surface area (Å²) in [7, 11) is 0. The van der Waals surface area contributed by atoms with Crippen LogP contribution in [0, 0.1) is 5.82 Å². The largest absolute Gasteiger partial charge is 0.478 e. The quantitative estimate of drug-likeness (QED) is 0.769. The monoisotopic (exact) mass is 267 g/mol. The van der Waals surface area contributed by atoms with Gasteiger partial charge in [0, 0.05) is 17.1 Å². The Kier molecular flexibility index (Phi) is 2.91. The smallest absolute Gasteiger partial charge is 0.335 e. The number of fused-ring (bicyclic) bond motifs is 1. The Balaban J connectivity index is 2.13. The van der Waals surface area contributed by atoms with E-state index in [9.17, 15) is 9.18 Å². The second-order valence-corrected chi connectivity index (χ2v) is 4.41. The molecule has 20 heavy (non-hydrogen) atoms. The van der Waals surface area contributed by atoms with E-state index in [4.69, 9.17) is 5.11 Å². The van der Waals surface area contributed by atoms with Crippen LogP contribution in [0.5, 0.6) is 0 Å². The molecule has 0 saturated heterocycles. The number of carbonyl (C=O) groups is 1. The van der Waals surface area contributed by atoms with Crippen molar-refractivity contribution >= 4 is 16.9 Å².